The molecule has 0 saturated carbocycles. The molecule has 0 aromatic heterocycles. The third-order valence-electron chi connectivity index (χ3n) is 0. The predicted molar refractivity (Wildman–Crippen MR) is 0 cm³/mol. The Labute approximate surface area is 206 Å². The van der Waals surface area contributed by atoms with Crippen molar-refractivity contribution in [3.8, 4) is 0 Å². The van der Waals surface area contributed by atoms with Gasteiger partial charge in [0.25, 0.3) is 0 Å². The summed E-state index contributed by atoms with van der Waals surface area (Å²) >= 11 is 0. The Balaban J connectivity index is 0. The summed E-state index contributed by atoms with van der Waals surface area (Å²) in [5.74, 6) is 0. The first kappa shape index (κ1) is 73.9. The maximum Gasteiger partial charge on any atom is 0 e. The minimum atomic E-state index is 0. The summed E-state index contributed by atoms with van der Waals surface area (Å²) in [5, 5.41) is 0. The first-order valence-electron chi connectivity index (χ1n) is 0. The molecule has 0 bridgehead atoms. The monoisotopic (exact) mass is 1630 g/mol. The van der Waals surface area contributed by atoms with E-state index in [2.05, 4.69) is 0 Å². The summed E-state index contributed by atoms with van der Waals surface area (Å²) < 4.78 is 0. The molecule has 0 spiro atoms. The standard InChI is InChI=1S/7Ir.2La. The molecule has 0 amide bonds. The molecule has 0 fully saturated rings. The summed E-state index contributed by atoms with van der Waals surface area (Å²) in [7, 11) is 0. The number of hydrogen-bond donors (Lipinski definition) is 0. The fraction of sp³-hybridized carbons (Fsp3) is 0. The third kappa shape index (κ3) is 52.0. The van der Waals surface area contributed by atoms with Crippen molar-refractivity contribution < 1.29 is 212 Å². The Bertz CT molecular complexity index is 6.88. The molecular formula is Ir7La2. The molecule has 0 rings (SSSR count). The second-order valence-electron chi connectivity index (χ2n) is 0. The van der Waals surface area contributed by atoms with Gasteiger partial charge in [0.2, 0.25) is 0 Å². The molecule has 9 heteroatoms. The van der Waals surface area contributed by atoms with Crippen LogP contribution in [0, 0.1) is 71.2 Å². The molecule has 0 aliphatic rings. The van der Waals surface area contributed by atoms with E-state index in [0.717, 1.165) is 0 Å². The van der Waals surface area contributed by atoms with Gasteiger partial charge in [-0.05, 0) is 0 Å². The van der Waals surface area contributed by atoms with Gasteiger partial charge in [-0.25, -0.2) is 0 Å². The van der Waals surface area contributed by atoms with Crippen LogP contribution in [0.2, 0.25) is 0 Å². The van der Waals surface area contributed by atoms with E-state index in [9.17, 15) is 0 Å². The van der Waals surface area contributed by atoms with Gasteiger partial charge in [-0.2, -0.15) is 0 Å². The third-order valence-corrected chi connectivity index (χ3v) is 0. The molecule has 9 heavy (non-hydrogen) atoms. The number of hydrogen-bond acceptors (Lipinski definition) is 0. The van der Waals surface area contributed by atoms with Gasteiger partial charge in [0, 0.05) is 212 Å². The molecule has 0 saturated heterocycles. The summed E-state index contributed by atoms with van der Waals surface area (Å²) in [5.41, 5.74) is 0. The van der Waals surface area contributed by atoms with Crippen molar-refractivity contribution in [1.82, 2.24) is 0 Å². The second kappa shape index (κ2) is 60.3. The summed E-state index contributed by atoms with van der Waals surface area (Å²) in [6, 6.07) is 0. The van der Waals surface area contributed by atoms with Gasteiger partial charge < -0.3 is 0 Å². The van der Waals surface area contributed by atoms with Crippen molar-refractivity contribution in [2.24, 2.45) is 0 Å². The Hall–Kier alpha value is 6.94. The smallest absolute Gasteiger partial charge is 0 e. The van der Waals surface area contributed by atoms with Crippen LogP contribution >= 0.6 is 0 Å². The second-order valence-corrected chi connectivity index (χ2v) is 0. The number of rotatable bonds is 0. The van der Waals surface area contributed by atoms with Crippen LogP contribution in [-0.4, -0.2) is 0 Å². The molecule has 69 valence electrons. The topological polar surface area (TPSA) is 0 Å². The predicted octanol–water partition coefficient (Wildman–Crippen LogP) is -0.0175. The fourth-order valence-corrected chi connectivity index (χ4v) is 0. The molecule has 0 unspecified atom stereocenters. The summed E-state index contributed by atoms with van der Waals surface area (Å²) in [6.45, 7) is 0. The van der Waals surface area contributed by atoms with E-state index in [4.69, 9.17) is 0 Å². The normalized spacial score (nSPS) is 0. The zero-order chi connectivity index (χ0) is 0. The molecule has 0 nitrogen and oxygen atoms in total. The molecule has 0 N–H and O–H groups in total. The van der Waals surface area contributed by atoms with E-state index in [-0.39, 0.29) is 212 Å². The van der Waals surface area contributed by atoms with E-state index in [1.54, 1.807) is 0 Å². The van der Waals surface area contributed by atoms with Crippen LogP contribution in [0.3, 0.4) is 0 Å². The molecule has 0 aromatic rings. The van der Waals surface area contributed by atoms with Gasteiger partial charge in [-0.3, -0.25) is 0 Å². The first-order chi connectivity index (χ1) is 0. The molecular weight excluding hydrogens is 1620 g/mol. The van der Waals surface area contributed by atoms with E-state index in [0.29, 0.717) is 0 Å². The zero-order valence-corrected chi connectivity index (χ0v) is 27.5. The Morgan fingerprint density at radius 2 is 0.222 bits per heavy atom. The van der Waals surface area contributed by atoms with E-state index in [1.807, 2.05) is 0 Å². The Kier molecular flexibility index (Phi) is 495. The molecule has 0 aromatic carbocycles. The Morgan fingerprint density at radius 1 is 0.222 bits per heavy atom. The van der Waals surface area contributed by atoms with Crippen LogP contribution in [0.25, 0.3) is 0 Å². The van der Waals surface area contributed by atoms with E-state index < -0.39 is 0 Å². The van der Waals surface area contributed by atoms with Crippen molar-refractivity contribution >= 4 is 0 Å². The average Bonchev–Trinajstić information content (AvgIpc) is 0. The van der Waals surface area contributed by atoms with Crippen molar-refractivity contribution in [3.05, 3.63) is 0 Å². The van der Waals surface area contributed by atoms with Crippen LogP contribution < -0.4 is 0 Å². The van der Waals surface area contributed by atoms with Gasteiger partial charge in [0.05, 0.1) is 0 Å². The van der Waals surface area contributed by atoms with E-state index >= 15 is 0 Å². The molecule has 0 heterocycles. The van der Waals surface area contributed by atoms with Crippen molar-refractivity contribution in [3.63, 3.8) is 0 Å². The fourth-order valence-electron chi connectivity index (χ4n) is 0. The van der Waals surface area contributed by atoms with Crippen LogP contribution in [0.4, 0.5) is 0 Å². The van der Waals surface area contributed by atoms with Crippen molar-refractivity contribution in [2.45, 2.75) is 0 Å². The van der Waals surface area contributed by atoms with Crippen molar-refractivity contribution in [1.29, 1.82) is 0 Å². The molecule has 9 radical (unpaired) electrons. The minimum Gasteiger partial charge on any atom is 0 e. The maximum absolute atomic E-state index is 0. The van der Waals surface area contributed by atoms with Crippen LogP contribution in [0.15, 0.2) is 0 Å². The van der Waals surface area contributed by atoms with Gasteiger partial charge in [0.15, 0.2) is 0 Å². The maximum atomic E-state index is 0. The van der Waals surface area contributed by atoms with Gasteiger partial charge in [0.1, 0.15) is 0 Å². The van der Waals surface area contributed by atoms with Crippen molar-refractivity contribution in [2.75, 3.05) is 0 Å². The largest absolute Gasteiger partial charge is 0 e. The Morgan fingerprint density at radius 3 is 0.222 bits per heavy atom. The van der Waals surface area contributed by atoms with Crippen LogP contribution in [0.1, 0.15) is 0 Å². The average molecular weight is 1620 g/mol. The first-order valence-corrected chi connectivity index (χ1v) is 0. The van der Waals surface area contributed by atoms with Crippen LogP contribution in [-0.2, 0) is 141 Å². The SMILES string of the molecule is [Ir].[Ir].[Ir].[Ir].[Ir].[Ir].[Ir].[La].[La]. The summed E-state index contributed by atoms with van der Waals surface area (Å²) in [6.07, 6.45) is 0. The summed E-state index contributed by atoms with van der Waals surface area (Å²) in [4.78, 5) is 0. The molecule has 0 atom stereocenters. The molecule has 0 aliphatic carbocycles. The van der Waals surface area contributed by atoms with Gasteiger partial charge in [-0.15, -0.1) is 0 Å². The molecule has 0 aliphatic heterocycles. The van der Waals surface area contributed by atoms with Gasteiger partial charge >= 0.3 is 0 Å². The quantitative estimate of drug-likeness (QED) is 0.321. The van der Waals surface area contributed by atoms with E-state index in [1.165, 1.54) is 0 Å². The minimum absolute atomic E-state index is 0. The zero-order valence-electron chi connectivity index (χ0n) is 3.49. The van der Waals surface area contributed by atoms with Crippen LogP contribution in [0.5, 0.6) is 0 Å². The van der Waals surface area contributed by atoms with Gasteiger partial charge in [-0.1, -0.05) is 0 Å².